The van der Waals surface area contributed by atoms with E-state index in [1.54, 1.807) is 12.1 Å². The number of nitrogens with one attached hydrogen (secondary N) is 1. The van der Waals surface area contributed by atoms with E-state index in [0.29, 0.717) is 17.4 Å². The van der Waals surface area contributed by atoms with E-state index in [0.717, 1.165) is 57.4 Å². The Balaban J connectivity index is 1.44. The highest BCUT2D eigenvalue weighted by molar-refractivity contribution is 7.89. The van der Waals surface area contributed by atoms with Gasteiger partial charge in [0.2, 0.25) is 10.0 Å². The number of sulfonamides is 1. The molecule has 0 aromatic heterocycles. The molecule has 2 aliphatic rings. The molecule has 1 N–H and O–H groups in total. The van der Waals surface area contributed by atoms with E-state index in [4.69, 9.17) is 14.2 Å². The number of piperidine rings is 1. The Morgan fingerprint density at radius 1 is 0.889 bits per heavy atom. The summed E-state index contributed by atoms with van der Waals surface area (Å²) in [5.41, 5.74) is 1.29. The van der Waals surface area contributed by atoms with Crippen molar-refractivity contribution in [2.24, 2.45) is 0 Å². The number of likely N-dealkylation sites (tertiary alicyclic amines) is 1. The summed E-state index contributed by atoms with van der Waals surface area (Å²) in [5, 5.41) is 0. The van der Waals surface area contributed by atoms with E-state index in [1.165, 1.54) is 25.8 Å². The van der Waals surface area contributed by atoms with Crippen LogP contribution < -0.4 is 18.9 Å². The van der Waals surface area contributed by atoms with Crippen LogP contribution in [0.5, 0.6) is 17.2 Å². The molecule has 4 rings (SSSR count). The Kier molecular flexibility index (Phi) is 8.80. The molecule has 1 aliphatic carbocycles. The lowest BCUT2D eigenvalue weighted by Crippen LogP contribution is -2.54. The fourth-order valence-corrected chi connectivity index (χ4v) is 6.98. The molecule has 1 aliphatic heterocycles. The van der Waals surface area contributed by atoms with Gasteiger partial charge in [-0.2, -0.15) is 0 Å². The molecule has 198 valence electrons. The molecule has 7 nitrogen and oxygen atoms in total. The summed E-state index contributed by atoms with van der Waals surface area (Å²) >= 11 is 0. The standard InChI is InChI=1S/C28H40N2O5S/c1-20(2)35-26-12-8-5-9-23(26)21-15-17-30(18-16-21)25-11-7-6-10-24(25)29-36(31,32)22-13-14-27(33-3)28(19-22)34-4/h5,8-9,12-14,19-21,24-25,29H,6-7,10-11,15-18H2,1-4H3. The molecule has 2 aromatic carbocycles. The summed E-state index contributed by atoms with van der Waals surface area (Å²) in [5.74, 6) is 2.37. The zero-order chi connectivity index (χ0) is 25.7. The lowest BCUT2D eigenvalue weighted by atomic mass is 9.85. The molecular weight excluding hydrogens is 476 g/mol. The smallest absolute Gasteiger partial charge is 0.241 e. The van der Waals surface area contributed by atoms with E-state index in [9.17, 15) is 8.42 Å². The van der Waals surface area contributed by atoms with Crippen LogP contribution in [0.2, 0.25) is 0 Å². The summed E-state index contributed by atoms with van der Waals surface area (Å²) in [4.78, 5) is 2.70. The second kappa shape index (κ2) is 11.8. The van der Waals surface area contributed by atoms with Crippen LogP contribution in [0.15, 0.2) is 47.4 Å². The number of benzene rings is 2. The van der Waals surface area contributed by atoms with E-state index in [1.807, 2.05) is 6.07 Å². The van der Waals surface area contributed by atoms with Crippen molar-refractivity contribution in [3.05, 3.63) is 48.0 Å². The molecule has 2 unspecified atom stereocenters. The number of methoxy groups -OCH3 is 2. The average molecular weight is 517 g/mol. The predicted octanol–water partition coefficient (Wildman–Crippen LogP) is 4.96. The van der Waals surface area contributed by atoms with Crippen molar-refractivity contribution in [3.63, 3.8) is 0 Å². The SMILES string of the molecule is COc1ccc(S(=O)(=O)NC2CCCCC2N2CCC(c3ccccc3OC(C)C)CC2)cc1OC. The average Bonchev–Trinajstić information content (AvgIpc) is 2.88. The van der Waals surface area contributed by atoms with Gasteiger partial charge < -0.3 is 14.2 Å². The molecule has 1 heterocycles. The Labute approximate surface area is 216 Å². The molecule has 0 amide bonds. The van der Waals surface area contributed by atoms with Gasteiger partial charge in [0.05, 0.1) is 25.2 Å². The summed E-state index contributed by atoms with van der Waals surface area (Å²) < 4.78 is 46.3. The molecule has 0 spiro atoms. The number of para-hydroxylation sites is 1. The van der Waals surface area contributed by atoms with E-state index < -0.39 is 10.0 Å². The first-order valence-corrected chi connectivity index (χ1v) is 14.5. The van der Waals surface area contributed by atoms with E-state index in [2.05, 4.69) is 41.7 Å². The highest BCUT2D eigenvalue weighted by Gasteiger charge is 2.36. The summed E-state index contributed by atoms with van der Waals surface area (Å²) in [6.45, 7) is 6.04. The van der Waals surface area contributed by atoms with Gasteiger partial charge in [0.25, 0.3) is 0 Å². The highest BCUT2D eigenvalue weighted by Crippen LogP contribution is 2.37. The zero-order valence-corrected chi connectivity index (χ0v) is 22.7. The molecular formula is C28H40N2O5S. The molecule has 2 aromatic rings. The summed E-state index contributed by atoms with van der Waals surface area (Å²) in [7, 11) is -0.641. The Bertz CT molecular complexity index is 1110. The van der Waals surface area contributed by atoms with Gasteiger partial charge in [0.15, 0.2) is 11.5 Å². The van der Waals surface area contributed by atoms with Gasteiger partial charge in [-0.3, -0.25) is 4.90 Å². The third kappa shape index (κ3) is 6.15. The van der Waals surface area contributed by atoms with Crippen LogP contribution in [0.1, 0.15) is 63.9 Å². The number of ether oxygens (including phenoxy) is 3. The van der Waals surface area contributed by atoms with Crippen molar-refractivity contribution >= 4 is 10.0 Å². The highest BCUT2D eigenvalue weighted by atomic mass is 32.2. The molecule has 2 fully saturated rings. The minimum absolute atomic E-state index is 0.107. The van der Waals surface area contributed by atoms with Crippen molar-refractivity contribution in [1.82, 2.24) is 9.62 Å². The molecule has 0 bridgehead atoms. The van der Waals surface area contributed by atoms with Gasteiger partial charge in [-0.15, -0.1) is 0 Å². The first kappa shape index (κ1) is 26.8. The predicted molar refractivity (Wildman–Crippen MR) is 142 cm³/mol. The number of nitrogens with zero attached hydrogens (tertiary/aromatic N) is 1. The number of rotatable bonds is 9. The van der Waals surface area contributed by atoms with Crippen LogP contribution in [0, 0.1) is 0 Å². The topological polar surface area (TPSA) is 77.1 Å². The fraction of sp³-hybridized carbons (Fsp3) is 0.571. The second-order valence-corrected chi connectivity index (χ2v) is 11.8. The zero-order valence-electron chi connectivity index (χ0n) is 21.9. The Hall–Kier alpha value is -2.29. The third-order valence-electron chi connectivity index (χ3n) is 7.42. The minimum atomic E-state index is -3.69. The van der Waals surface area contributed by atoms with Gasteiger partial charge in [-0.25, -0.2) is 13.1 Å². The number of hydrogen-bond acceptors (Lipinski definition) is 6. The first-order chi connectivity index (χ1) is 17.3. The van der Waals surface area contributed by atoms with Crippen LogP contribution in [-0.2, 0) is 10.0 Å². The molecule has 0 radical (unpaired) electrons. The third-order valence-corrected chi connectivity index (χ3v) is 8.91. The van der Waals surface area contributed by atoms with Gasteiger partial charge in [0, 0.05) is 18.2 Å². The monoisotopic (exact) mass is 516 g/mol. The van der Waals surface area contributed by atoms with Crippen LogP contribution in [0.3, 0.4) is 0 Å². The fourth-order valence-electron chi connectivity index (χ4n) is 5.66. The summed E-state index contributed by atoms with van der Waals surface area (Å²) in [6, 6.07) is 13.2. The van der Waals surface area contributed by atoms with Crippen LogP contribution in [0.4, 0.5) is 0 Å². The van der Waals surface area contributed by atoms with Gasteiger partial charge in [-0.1, -0.05) is 31.0 Å². The first-order valence-electron chi connectivity index (χ1n) is 13.1. The van der Waals surface area contributed by atoms with Gasteiger partial charge >= 0.3 is 0 Å². The lowest BCUT2D eigenvalue weighted by molar-refractivity contribution is 0.101. The van der Waals surface area contributed by atoms with Crippen molar-refractivity contribution in [2.45, 2.75) is 81.4 Å². The molecule has 36 heavy (non-hydrogen) atoms. The van der Waals surface area contributed by atoms with Crippen molar-refractivity contribution in [1.29, 1.82) is 0 Å². The lowest BCUT2D eigenvalue weighted by Gasteiger charge is -2.43. The normalized spacial score (nSPS) is 21.9. The molecule has 1 saturated carbocycles. The Morgan fingerprint density at radius 3 is 2.28 bits per heavy atom. The maximum atomic E-state index is 13.3. The van der Waals surface area contributed by atoms with Gasteiger partial charge in [0.1, 0.15) is 5.75 Å². The quantitative estimate of drug-likeness (QED) is 0.508. The van der Waals surface area contributed by atoms with Crippen molar-refractivity contribution in [2.75, 3.05) is 27.3 Å². The Morgan fingerprint density at radius 2 is 1.58 bits per heavy atom. The molecule has 1 saturated heterocycles. The second-order valence-electron chi connectivity index (χ2n) is 10.1. The van der Waals surface area contributed by atoms with Crippen LogP contribution >= 0.6 is 0 Å². The number of hydrogen-bond donors (Lipinski definition) is 1. The minimum Gasteiger partial charge on any atom is -0.493 e. The van der Waals surface area contributed by atoms with Gasteiger partial charge in [-0.05, 0) is 82.3 Å². The van der Waals surface area contributed by atoms with E-state index in [-0.39, 0.29) is 23.1 Å². The largest absolute Gasteiger partial charge is 0.493 e. The van der Waals surface area contributed by atoms with Crippen molar-refractivity contribution in [3.8, 4) is 17.2 Å². The van der Waals surface area contributed by atoms with E-state index >= 15 is 0 Å². The van der Waals surface area contributed by atoms with Crippen LogP contribution in [0.25, 0.3) is 0 Å². The maximum Gasteiger partial charge on any atom is 0.241 e. The van der Waals surface area contributed by atoms with Crippen LogP contribution in [-0.4, -0.2) is 58.8 Å². The summed E-state index contributed by atoms with van der Waals surface area (Å²) in [6.07, 6.45) is 6.26. The molecule has 2 atom stereocenters. The van der Waals surface area contributed by atoms with Crippen molar-refractivity contribution < 1.29 is 22.6 Å². The molecule has 8 heteroatoms. The maximum absolute atomic E-state index is 13.3.